The van der Waals surface area contributed by atoms with E-state index in [0.717, 1.165) is 70.6 Å². The summed E-state index contributed by atoms with van der Waals surface area (Å²) in [6.45, 7) is 4.09. The smallest absolute Gasteiger partial charge is 0.457 e. The highest BCUT2D eigenvalue weighted by atomic mass is 31.2. The third kappa shape index (κ3) is 27.7. The van der Waals surface area contributed by atoms with Gasteiger partial charge in [0.05, 0.1) is 13.2 Å². The number of aliphatic hydroxyl groups is 5. The first-order valence-corrected chi connectivity index (χ1v) is 23.6. The maximum Gasteiger partial charge on any atom is 0.472 e. The standard InChI is InChI=1S/C45H79O12P/c1-3-5-7-9-11-13-15-17-18-19-20-21-22-23-24-26-28-30-32-34-39(46)56-38(36-54-35-33-31-29-27-25-16-14-12-10-8-6-4-2)37-55-58(52,53)57-45-43(50)41(48)40(47)42(49)44(45)51/h5,7,11,13,17-18,20-21,23-24,38,40-45,47-51H,3-4,6,8-10,12,14-16,19,22,25-37H2,1-2H3,(H,52,53)/b7-5-,13-11-,18-17-,21-20-,24-23-. The van der Waals surface area contributed by atoms with Crippen LogP contribution in [-0.4, -0.2) is 98.9 Å². The summed E-state index contributed by atoms with van der Waals surface area (Å²) in [5, 5.41) is 50.1. The average molecular weight is 843 g/mol. The molecule has 0 aromatic heterocycles. The lowest BCUT2D eigenvalue weighted by atomic mass is 9.85. The molecule has 0 radical (unpaired) electrons. The molecule has 1 saturated carbocycles. The Labute approximate surface area is 349 Å². The number of unbranched alkanes of at least 4 members (excludes halogenated alkanes) is 14. The normalized spacial score (nSPS) is 23.2. The number of aliphatic hydroxyl groups excluding tert-OH is 5. The van der Waals surface area contributed by atoms with E-state index in [0.29, 0.717) is 13.0 Å². The third-order valence-electron chi connectivity index (χ3n) is 9.90. The Morgan fingerprint density at radius 1 is 0.569 bits per heavy atom. The first-order chi connectivity index (χ1) is 28.0. The zero-order valence-electron chi connectivity index (χ0n) is 35.6. The summed E-state index contributed by atoms with van der Waals surface area (Å²) in [5.74, 6) is -0.510. The maximum atomic E-state index is 12.8. The van der Waals surface area contributed by atoms with Crippen molar-refractivity contribution >= 4 is 13.8 Å². The molecule has 0 aromatic carbocycles. The van der Waals surface area contributed by atoms with Crippen LogP contribution in [0.1, 0.15) is 155 Å². The van der Waals surface area contributed by atoms with Crippen molar-refractivity contribution in [1.29, 1.82) is 0 Å². The zero-order chi connectivity index (χ0) is 42.7. The average Bonchev–Trinajstić information content (AvgIpc) is 3.21. The molecule has 12 nitrogen and oxygen atoms in total. The fraction of sp³-hybridized carbons (Fsp3) is 0.756. The van der Waals surface area contributed by atoms with Gasteiger partial charge in [0.1, 0.15) is 42.7 Å². The molecule has 0 aromatic rings. The predicted molar refractivity (Wildman–Crippen MR) is 230 cm³/mol. The molecule has 0 heterocycles. The number of carbonyl (C=O) groups excluding carboxylic acids is 1. The van der Waals surface area contributed by atoms with Gasteiger partial charge in [-0.05, 0) is 57.8 Å². The third-order valence-corrected chi connectivity index (χ3v) is 10.9. The van der Waals surface area contributed by atoms with Gasteiger partial charge < -0.3 is 39.9 Å². The molecular formula is C45H79O12P. The molecule has 0 amide bonds. The Morgan fingerprint density at radius 3 is 1.53 bits per heavy atom. The number of ether oxygens (including phenoxy) is 2. The molecule has 6 atom stereocenters. The Hall–Kier alpha value is -1.96. The predicted octanol–water partition coefficient (Wildman–Crippen LogP) is 8.64. The molecule has 1 aliphatic carbocycles. The molecule has 336 valence electrons. The fourth-order valence-electron chi connectivity index (χ4n) is 6.38. The minimum atomic E-state index is -5.02. The van der Waals surface area contributed by atoms with E-state index in [1.807, 2.05) is 0 Å². The van der Waals surface area contributed by atoms with E-state index in [4.69, 9.17) is 18.5 Å². The highest BCUT2D eigenvalue weighted by Crippen LogP contribution is 2.47. The monoisotopic (exact) mass is 843 g/mol. The van der Waals surface area contributed by atoms with Gasteiger partial charge in [0.2, 0.25) is 0 Å². The largest absolute Gasteiger partial charge is 0.472 e. The first-order valence-electron chi connectivity index (χ1n) is 22.1. The molecule has 1 aliphatic rings. The van der Waals surface area contributed by atoms with Crippen molar-refractivity contribution < 1.29 is 58.3 Å². The van der Waals surface area contributed by atoms with Gasteiger partial charge >= 0.3 is 13.8 Å². The van der Waals surface area contributed by atoms with E-state index in [1.54, 1.807) is 0 Å². The number of carbonyl (C=O) groups is 1. The molecule has 1 fully saturated rings. The number of phosphoric ester groups is 1. The van der Waals surface area contributed by atoms with Crippen molar-refractivity contribution in [2.24, 2.45) is 0 Å². The molecular weight excluding hydrogens is 763 g/mol. The number of hydrogen-bond donors (Lipinski definition) is 6. The Morgan fingerprint density at radius 2 is 1.02 bits per heavy atom. The molecule has 6 N–H and O–H groups in total. The second-order valence-corrected chi connectivity index (χ2v) is 16.6. The van der Waals surface area contributed by atoms with Crippen molar-refractivity contribution in [2.75, 3.05) is 19.8 Å². The Kier molecular flexibility index (Phi) is 33.3. The molecule has 0 saturated heterocycles. The van der Waals surface area contributed by atoms with Crippen LogP contribution in [0.15, 0.2) is 60.8 Å². The van der Waals surface area contributed by atoms with Gasteiger partial charge in [-0.3, -0.25) is 13.8 Å². The topological polar surface area (TPSA) is 192 Å². The summed E-state index contributed by atoms with van der Waals surface area (Å²) in [6, 6.07) is 0. The van der Waals surface area contributed by atoms with Crippen LogP contribution >= 0.6 is 7.82 Å². The van der Waals surface area contributed by atoms with Crippen molar-refractivity contribution in [1.82, 2.24) is 0 Å². The molecule has 0 bridgehead atoms. The molecule has 6 unspecified atom stereocenters. The summed E-state index contributed by atoms with van der Waals surface area (Å²) >= 11 is 0. The van der Waals surface area contributed by atoms with Crippen molar-refractivity contribution in [3.63, 3.8) is 0 Å². The van der Waals surface area contributed by atoms with Gasteiger partial charge in [0.15, 0.2) is 0 Å². The molecule has 0 aliphatic heterocycles. The van der Waals surface area contributed by atoms with Gasteiger partial charge in [-0.15, -0.1) is 0 Å². The summed E-state index contributed by atoms with van der Waals surface area (Å²) in [5.41, 5.74) is 0. The SMILES string of the molecule is CC/C=C\C/C=C\C/C=C\C/C=C\C/C=C\CCCCCC(=O)OC(COCCCCCCCCCCCCCC)COP(=O)(O)OC1C(O)C(O)C(O)C(O)C1O. The van der Waals surface area contributed by atoms with Crippen LogP contribution in [0.5, 0.6) is 0 Å². The van der Waals surface area contributed by atoms with Gasteiger partial charge in [-0.2, -0.15) is 0 Å². The molecule has 58 heavy (non-hydrogen) atoms. The lowest BCUT2D eigenvalue weighted by Crippen LogP contribution is -2.64. The summed E-state index contributed by atoms with van der Waals surface area (Å²) < 4.78 is 34.1. The number of hydrogen-bond acceptors (Lipinski definition) is 11. The first kappa shape index (κ1) is 54.1. The van der Waals surface area contributed by atoms with E-state index < -0.39 is 63.1 Å². The molecule has 13 heteroatoms. The molecule has 0 spiro atoms. The Bertz CT molecular complexity index is 1190. The van der Waals surface area contributed by atoms with E-state index in [2.05, 4.69) is 74.6 Å². The quantitative estimate of drug-likeness (QED) is 0.0153. The van der Waals surface area contributed by atoms with Crippen LogP contribution in [0.25, 0.3) is 0 Å². The van der Waals surface area contributed by atoms with Crippen LogP contribution in [0.4, 0.5) is 0 Å². The minimum absolute atomic E-state index is 0.0911. The number of rotatable bonds is 36. The highest BCUT2D eigenvalue weighted by Gasteiger charge is 2.51. The lowest BCUT2D eigenvalue weighted by Gasteiger charge is -2.41. The van der Waals surface area contributed by atoms with Crippen LogP contribution < -0.4 is 0 Å². The zero-order valence-corrected chi connectivity index (χ0v) is 36.5. The van der Waals surface area contributed by atoms with Gasteiger partial charge in [-0.25, -0.2) is 4.57 Å². The van der Waals surface area contributed by atoms with Crippen LogP contribution in [0.2, 0.25) is 0 Å². The van der Waals surface area contributed by atoms with Crippen LogP contribution in [0.3, 0.4) is 0 Å². The number of esters is 1. The van der Waals surface area contributed by atoms with Gasteiger partial charge in [0.25, 0.3) is 0 Å². The second-order valence-electron chi connectivity index (χ2n) is 15.2. The van der Waals surface area contributed by atoms with E-state index in [-0.39, 0.29) is 13.0 Å². The van der Waals surface area contributed by atoms with Crippen LogP contribution in [-0.2, 0) is 27.9 Å². The fourth-order valence-corrected chi connectivity index (χ4v) is 7.35. The van der Waals surface area contributed by atoms with E-state index >= 15 is 0 Å². The van der Waals surface area contributed by atoms with Crippen molar-refractivity contribution in [3.05, 3.63) is 60.8 Å². The van der Waals surface area contributed by atoms with E-state index in [1.165, 1.54) is 57.8 Å². The van der Waals surface area contributed by atoms with Crippen molar-refractivity contribution in [3.8, 4) is 0 Å². The lowest BCUT2D eigenvalue weighted by molar-refractivity contribution is -0.220. The highest BCUT2D eigenvalue weighted by molar-refractivity contribution is 7.47. The van der Waals surface area contributed by atoms with Crippen LogP contribution in [0, 0.1) is 0 Å². The van der Waals surface area contributed by atoms with Gasteiger partial charge in [-0.1, -0.05) is 152 Å². The number of phosphoric acid groups is 1. The Balaban J connectivity index is 2.44. The van der Waals surface area contributed by atoms with Crippen molar-refractivity contribution in [2.45, 2.75) is 198 Å². The summed E-state index contributed by atoms with van der Waals surface area (Å²) in [7, 11) is -5.02. The van der Waals surface area contributed by atoms with Gasteiger partial charge in [0, 0.05) is 13.0 Å². The second kappa shape index (κ2) is 35.8. The number of allylic oxidation sites excluding steroid dienone is 10. The maximum absolute atomic E-state index is 12.8. The minimum Gasteiger partial charge on any atom is -0.457 e. The van der Waals surface area contributed by atoms with E-state index in [9.17, 15) is 39.8 Å². The molecule has 1 rings (SSSR count). The summed E-state index contributed by atoms with van der Waals surface area (Å²) in [4.78, 5) is 23.1. The summed E-state index contributed by atoms with van der Waals surface area (Å²) in [6.07, 6.45) is 31.5.